The van der Waals surface area contributed by atoms with Gasteiger partial charge in [0, 0.05) is 28.5 Å². The molecule has 6 nitrogen and oxygen atoms in total. The maximum absolute atomic E-state index is 12.4. The van der Waals surface area contributed by atoms with Crippen molar-refractivity contribution in [2.75, 3.05) is 0 Å². The zero-order chi connectivity index (χ0) is 17.9. The molecule has 124 valence electrons. The molecule has 0 spiro atoms. The summed E-state index contributed by atoms with van der Waals surface area (Å²) in [6.45, 7) is 0. The van der Waals surface area contributed by atoms with Crippen LogP contribution in [0.1, 0.15) is 31.2 Å². The van der Waals surface area contributed by atoms with E-state index in [0.29, 0.717) is 27.1 Å². The molecule has 0 saturated heterocycles. The highest BCUT2D eigenvalue weighted by atomic mass is 35.5. The lowest BCUT2D eigenvalue weighted by Crippen LogP contribution is -2.20. The van der Waals surface area contributed by atoms with Crippen molar-refractivity contribution in [2.45, 2.75) is 0 Å². The third-order valence-electron chi connectivity index (χ3n) is 4.41. The summed E-state index contributed by atoms with van der Waals surface area (Å²) >= 11 is 6.27. The third-order valence-corrected chi connectivity index (χ3v) is 4.74. The van der Waals surface area contributed by atoms with Gasteiger partial charge in [0.05, 0.1) is 11.1 Å². The van der Waals surface area contributed by atoms with Crippen molar-refractivity contribution in [3.8, 4) is 11.1 Å². The Morgan fingerprint density at radius 3 is 2.44 bits per heavy atom. The minimum atomic E-state index is -1.11. The minimum Gasteiger partial charge on any atom is -0.477 e. The molecule has 2 amide bonds. The van der Waals surface area contributed by atoms with Gasteiger partial charge in [-0.05, 0) is 23.8 Å². The molecule has 0 unspecified atom stereocenters. The summed E-state index contributed by atoms with van der Waals surface area (Å²) in [5.74, 6) is -2.17. The molecule has 0 radical (unpaired) electrons. The highest BCUT2D eigenvalue weighted by Gasteiger charge is 2.34. The van der Waals surface area contributed by atoms with E-state index in [9.17, 15) is 19.5 Å². The zero-order valence-electron chi connectivity index (χ0n) is 13.0. The van der Waals surface area contributed by atoms with Crippen LogP contribution in [0.5, 0.6) is 0 Å². The van der Waals surface area contributed by atoms with E-state index in [1.165, 1.54) is 10.6 Å². The molecule has 25 heavy (non-hydrogen) atoms. The van der Waals surface area contributed by atoms with Crippen LogP contribution in [0.2, 0.25) is 5.02 Å². The van der Waals surface area contributed by atoms with Gasteiger partial charge in [-0.3, -0.25) is 14.9 Å². The number of fused-ring (bicyclic) bond motifs is 3. The largest absolute Gasteiger partial charge is 0.477 e. The molecule has 1 aliphatic heterocycles. The van der Waals surface area contributed by atoms with Gasteiger partial charge in [0.25, 0.3) is 11.8 Å². The molecule has 3 aromatic rings. The number of amides is 2. The van der Waals surface area contributed by atoms with Crippen LogP contribution in [0.15, 0.2) is 36.4 Å². The molecule has 1 aromatic heterocycles. The van der Waals surface area contributed by atoms with E-state index in [1.807, 2.05) is 0 Å². The standard InChI is InChI=1S/C18H11ClN2O4/c1-21-12-6-9(8-4-2-3-5-11(8)19)14-15(17(23)20-16(14)22)10(12)7-13(21)18(24)25/h2-7H,1H3,(H,24,25)(H,20,22,23). The molecule has 2 aromatic carbocycles. The summed E-state index contributed by atoms with van der Waals surface area (Å²) in [5, 5.41) is 12.5. The molecule has 0 fully saturated rings. The molecule has 0 atom stereocenters. The lowest BCUT2D eigenvalue weighted by atomic mass is 9.94. The second-order valence-corrected chi connectivity index (χ2v) is 6.17. The number of halogens is 1. The fourth-order valence-corrected chi connectivity index (χ4v) is 3.51. The van der Waals surface area contributed by atoms with Crippen LogP contribution in [0.25, 0.3) is 22.0 Å². The van der Waals surface area contributed by atoms with Crippen LogP contribution in [0.4, 0.5) is 0 Å². The van der Waals surface area contributed by atoms with Crippen molar-refractivity contribution in [3.05, 3.63) is 58.2 Å². The monoisotopic (exact) mass is 354 g/mol. The number of carboxylic acid groups (broad SMARTS) is 1. The summed E-state index contributed by atoms with van der Waals surface area (Å²) in [5.41, 5.74) is 2.06. The number of hydrogen-bond acceptors (Lipinski definition) is 3. The minimum absolute atomic E-state index is 0.0284. The number of carbonyl (C=O) groups excluding carboxylic acids is 2. The van der Waals surface area contributed by atoms with Gasteiger partial charge in [-0.1, -0.05) is 29.8 Å². The Kier molecular flexibility index (Phi) is 3.20. The van der Waals surface area contributed by atoms with E-state index >= 15 is 0 Å². The maximum atomic E-state index is 12.4. The van der Waals surface area contributed by atoms with Crippen molar-refractivity contribution in [1.29, 1.82) is 0 Å². The first-order chi connectivity index (χ1) is 11.9. The van der Waals surface area contributed by atoms with Gasteiger partial charge in [-0.25, -0.2) is 4.79 Å². The second-order valence-electron chi connectivity index (χ2n) is 5.76. The predicted octanol–water partition coefficient (Wildman–Crippen LogP) is 3.08. The summed E-state index contributed by atoms with van der Waals surface area (Å²) in [4.78, 5) is 36.1. The number of aryl methyl sites for hydroxylation is 1. The first kappa shape index (κ1) is 15.4. The maximum Gasteiger partial charge on any atom is 0.352 e. The highest BCUT2D eigenvalue weighted by molar-refractivity contribution is 6.35. The number of nitrogens with one attached hydrogen (secondary N) is 1. The van der Waals surface area contributed by atoms with Gasteiger partial charge in [-0.15, -0.1) is 0 Å². The Hall–Kier alpha value is -3.12. The summed E-state index contributed by atoms with van der Waals surface area (Å²) in [6.07, 6.45) is 0. The van der Waals surface area contributed by atoms with Crippen LogP contribution in [-0.4, -0.2) is 27.5 Å². The van der Waals surface area contributed by atoms with Gasteiger partial charge >= 0.3 is 5.97 Å². The number of carboxylic acids is 1. The van der Waals surface area contributed by atoms with Crippen molar-refractivity contribution < 1.29 is 19.5 Å². The number of carbonyl (C=O) groups is 3. The number of aromatic nitrogens is 1. The lowest BCUT2D eigenvalue weighted by molar-refractivity contribution is 0.0686. The van der Waals surface area contributed by atoms with Crippen molar-refractivity contribution >= 4 is 40.3 Å². The van der Waals surface area contributed by atoms with Gasteiger partial charge in [-0.2, -0.15) is 0 Å². The molecular formula is C18H11ClN2O4. The van der Waals surface area contributed by atoms with Gasteiger partial charge in [0.1, 0.15) is 5.69 Å². The lowest BCUT2D eigenvalue weighted by Gasteiger charge is -2.10. The first-order valence-electron chi connectivity index (χ1n) is 7.40. The molecule has 1 aliphatic rings. The molecule has 4 rings (SSSR count). The van der Waals surface area contributed by atoms with Crippen molar-refractivity contribution in [2.24, 2.45) is 7.05 Å². The average Bonchev–Trinajstić information content (AvgIpc) is 3.05. The van der Waals surface area contributed by atoms with E-state index in [1.54, 1.807) is 37.4 Å². The fourth-order valence-electron chi connectivity index (χ4n) is 3.27. The number of rotatable bonds is 2. The molecular weight excluding hydrogens is 344 g/mol. The quantitative estimate of drug-likeness (QED) is 0.692. The molecule has 2 heterocycles. The van der Waals surface area contributed by atoms with Crippen LogP contribution in [-0.2, 0) is 7.05 Å². The summed E-state index contributed by atoms with van der Waals surface area (Å²) in [7, 11) is 1.60. The van der Waals surface area contributed by atoms with Crippen LogP contribution >= 0.6 is 11.6 Å². The number of imide groups is 1. The van der Waals surface area contributed by atoms with E-state index in [0.717, 1.165) is 0 Å². The van der Waals surface area contributed by atoms with E-state index in [4.69, 9.17) is 11.6 Å². The summed E-state index contributed by atoms with van der Waals surface area (Å²) in [6, 6.07) is 10.1. The number of aromatic carboxylic acids is 1. The number of nitrogens with zero attached hydrogens (tertiary/aromatic N) is 1. The third kappa shape index (κ3) is 2.08. The Morgan fingerprint density at radius 2 is 1.76 bits per heavy atom. The Morgan fingerprint density at radius 1 is 1.08 bits per heavy atom. The topological polar surface area (TPSA) is 88.4 Å². The van der Waals surface area contributed by atoms with Crippen molar-refractivity contribution in [1.82, 2.24) is 9.88 Å². The van der Waals surface area contributed by atoms with E-state index in [-0.39, 0.29) is 16.8 Å². The Bertz CT molecular complexity index is 1110. The number of benzene rings is 2. The molecule has 0 bridgehead atoms. The highest BCUT2D eigenvalue weighted by Crippen LogP contribution is 2.38. The summed E-state index contributed by atoms with van der Waals surface area (Å²) < 4.78 is 1.48. The number of hydrogen-bond donors (Lipinski definition) is 2. The van der Waals surface area contributed by atoms with Crippen LogP contribution in [0, 0.1) is 0 Å². The molecule has 0 saturated carbocycles. The molecule has 2 N–H and O–H groups in total. The smallest absolute Gasteiger partial charge is 0.352 e. The predicted molar refractivity (Wildman–Crippen MR) is 92.1 cm³/mol. The van der Waals surface area contributed by atoms with Gasteiger partial charge in [0.2, 0.25) is 0 Å². The van der Waals surface area contributed by atoms with E-state index < -0.39 is 17.8 Å². The fraction of sp³-hybridized carbons (Fsp3) is 0.0556. The van der Waals surface area contributed by atoms with Crippen molar-refractivity contribution in [3.63, 3.8) is 0 Å². The van der Waals surface area contributed by atoms with Gasteiger partial charge < -0.3 is 9.67 Å². The average molecular weight is 355 g/mol. The molecule has 0 aliphatic carbocycles. The Labute approximate surface area is 146 Å². The van der Waals surface area contributed by atoms with Crippen LogP contribution in [0.3, 0.4) is 0 Å². The second kappa shape index (κ2) is 5.19. The SMILES string of the molecule is Cn1c(C(=O)O)cc2c3c(c(-c4ccccc4Cl)cc21)C(=O)NC3=O. The van der Waals surface area contributed by atoms with E-state index in [2.05, 4.69) is 5.32 Å². The van der Waals surface area contributed by atoms with Crippen LogP contribution < -0.4 is 5.32 Å². The Balaban J connectivity index is 2.19. The first-order valence-corrected chi connectivity index (χ1v) is 7.78. The normalized spacial score (nSPS) is 13.2. The molecule has 7 heteroatoms. The zero-order valence-corrected chi connectivity index (χ0v) is 13.7. The van der Waals surface area contributed by atoms with Gasteiger partial charge in [0.15, 0.2) is 0 Å².